The lowest BCUT2D eigenvalue weighted by Crippen LogP contribution is -2.61. The maximum absolute atomic E-state index is 12.0. The summed E-state index contributed by atoms with van der Waals surface area (Å²) in [7, 11) is 1.43. The lowest BCUT2D eigenvalue weighted by atomic mass is 9.76. The topological polar surface area (TPSA) is 49.9 Å². The summed E-state index contributed by atoms with van der Waals surface area (Å²) >= 11 is 0. The molecule has 1 unspecified atom stereocenters. The van der Waals surface area contributed by atoms with E-state index in [2.05, 4.69) is 4.90 Å². The number of likely N-dealkylation sites (tertiary alicyclic amines) is 1. The van der Waals surface area contributed by atoms with Crippen molar-refractivity contribution in [2.75, 3.05) is 26.7 Å². The maximum atomic E-state index is 12.0. The standard InChI is InChI=1S/C13H20N2O3/c1-18-13(17)14-6-9-5-10(8-14)11-3-2-4-12(16)15(11)7-9/h9-11H,2-8H2,1H3/t9-,10?,11-/m0/s1. The third-order valence-corrected chi connectivity index (χ3v) is 4.61. The highest BCUT2D eigenvalue weighted by Gasteiger charge is 2.44. The molecule has 5 heteroatoms. The lowest BCUT2D eigenvalue weighted by molar-refractivity contribution is -0.144. The molecular formula is C13H20N2O3. The number of hydrogen-bond acceptors (Lipinski definition) is 3. The van der Waals surface area contributed by atoms with Crippen LogP contribution in [-0.4, -0.2) is 54.6 Å². The summed E-state index contributed by atoms with van der Waals surface area (Å²) in [6.45, 7) is 2.31. The van der Waals surface area contributed by atoms with Gasteiger partial charge in [0, 0.05) is 32.1 Å². The average molecular weight is 252 g/mol. The molecule has 100 valence electrons. The number of methoxy groups -OCH3 is 1. The fraction of sp³-hybridized carbons (Fsp3) is 0.846. The van der Waals surface area contributed by atoms with Gasteiger partial charge in [0.05, 0.1) is 7.11 Å². The van der Waals surface area contributed by atoms with E-state index in [1.807, 2.05) is 4.90 Å². The van der Waals surface area contributed by atoms with Crippen LogP contribution in [0.3, 0.4) is 0 Å². The van der Waals surface area contributed by atoms with Gasteiger partial charge in [-0.05, 0) is 31.1 Å². The molecule has 5 nitrogen and oxygen atoms in total. The van der Waals surface area contributed by atoms with Gasteiger partial charge in [-0.1, -0.05) is 0 Å². The highest BCUT2D eigenvalue weighted by molar-refractivity contribution is 5.77. The Bertz CT molecular complexity index is 371. The van der Waals surface area contributed by atoms with Crippen molar-refractivity contribution in [3.63, 3.8) is 0 Å². The monoisotopic (exact) mass is 252 g/mol. The molecule has 3 rings (SSSR count). The van der Waals surface area contributed by atoms with Crippen LogP contribution in [0.4, 0.5) is 4.79 Å². The number of hydrogen-bond donors (Lipinski definition) is 0. The molecule has 0 N–H and O–H groups in total. The van der Waals surface area contributed by atoms with E-state index in [0.29, 0.717) is 30.2 Å². The number of nitrogens with zero attached hydrogens (tertiary/aromatic N) is 2. The highest BCUT2D eigenvalue weighted by Crippen LogP contribution is 2.37. The SMILES string of the molecule is COC(=O)N1CC2C[C@@H](C1)CN1C(=O)CCC[C@@H]21. The number of ether oxygens (including phenoxy) is 1. The normalized spacial score (nSPS) is 35.2. The second-order valence-corrected chi connectivity index (χ2v) is 5.74. The van der Waals surface area contributed by atoms with Gasteiger partial charge >= 0.3 is 6.09 Å². The summed E-state index contributed by atoms with van der Waals surface area (Å²) in [6, 6.07) is 0.356. The molecule has 3 fully saturated rings. The number of carbonyl (C=O) groups excluding carboxylic acids is 2. The van der Waals surface area contributed by atoms with E-state index >= 15 is 0 Å². The van der Waals surface area contributed by atoms with Gasteiger partial charge in [-0.25, -0.2) is 4.79 Å². The second kappa shape index (κ2) is 4.44. The zero-order valence-electron chi connectivity index (χ0n) is 10.8. The minimum Gasteiger partial charge on any atom is -0.453 e. The largest absolute Gasteiger partial charge is 0.453 e. The maximum Gasteiger partial charge on any atom is 0.409 e. The molecule has 3 atom stereocenters. The van der Waals surface area contributed by atoms with Gasteiger partial charge in [0.2, 0.25) is 5.91 Å². The van der Waals surface area contributed by atoms with Crippen molar-refractivity contribution in [2.45, 2.75) is 31.7 Å². The molecule has 18 heavy (non-hydrogen) atoms. The van der Waals surface area contributed by atoms with Crippen molar-refractivity contribution in [1.29, 1.82) is 0 Å². The van der Waals surface area contributed by atoms with Crippen molar-refractivity contribution in [2.24, 2.45) is 11.8 Å². The van der Waals surface area contributed by atoms with Crippen LogP contribution in [0, 0.1) is 11.8 Å². The van der Waals surface area contributed by atoms with E-state index in [1.165, 1.54) is 7.11 Å². The van der Waals surface area contributed by atoms with Crippen LogP contribution >= 0.6 is 0 Å². The first-order chi connectivity index (χ1) is 8.69. The zero-order valence-corrected chi connectivity index (χ0v) is 10.8. The highest BCUT2D eigenvalue weighted by atomic mass is 16.5. The van der Waals surface area contributed by atoms with Crippen LogP contribution in [0.25, 0.3) is 0 Å². The van der Waals surface area contributed by atoms with Crippen LogP contribution in [0.2, 0.25) is 0 Å². The van der Waals surface area contributed by atoms with Gasteiger partial charge in [0.25, 0.3) is 0 Å². The van der Waals surface area contributed by atoms with Crippen molar-refractivity contribution < 1.29 is 14.3 Å². The molecule has 0 radical (unpaired) electrons. The minimum atomic E-state index is -0.222. The summed E-state index contributed by atoms with van der Waals surface area (Å²) in [5, 5.41) is 0. The Morgan fingerprint density at radius 2 is 2.17 bits per heavy atom. The molecule has 2 bridgehead atoms. The number of fused-ring (bicyclic) bond motifs is 4. The summed E-state index contributed by atoms with van der Waals surface area (Å²) in [5.41, 5.74) is 0. The van der Waals surface area contributed by atoms with E-state index in [4.69, 9.17) is 4.74 Å². The van der Waals surface area contributed by atoms with Crippen molar-refractivity contribution >= 4 is 12.0 Å². The summed E-state index contributed by atoms with van der Waals surface area (Å²) in [5.74, 6) is 1.19. The number of piperidine rings is 3. The molecule has 0 saturated carbocycles. The van der Waals surface area contributed by atoms with Crippen LogP contribution in [0.15, 0.2) is 0 Å². The Morgan fingerprint density at radius 1 is 1.33 bits per heavy atom. The van der Waals surface area contributed by atoms with Crippen molar-refractivity contribution in [1.82, 2.24) is 9.80 Å². The van der Waals surface area contributed by atoms with Gasteiger partial charge in [-0.3, -0.25) is 4.79 Å². The van der Waals surface area contributed by atoms with Crippen LogP contribution < -0.4 is 0 Å². The van der Waals surface area contributed by atoms with Gasteiger partial charge in [0.15, 0.2) is 0 Å². The van der Waals surface area contributed by atoms with E-state index in [0.717, 1.165) is 38.9 Å². The fourth-order valence-corrected chi connectivity index (χ4v) is 3.89. The molecule has 0 spiro atoms. The fourth-order valence-electron chi connectivity index (χ4n) is 3.89. The smallest absolute Gasteiger partial charge is 0.409 e. The number of carbonyl (C=O) groups is 2. The Labute approximate surface area is 107 Å². The van der Waals surface area contributed by atoms with Crippen molar-refractivity contribution in [3.8, 4) is 0 Å². The molecule has 3 aliphatic heterocycles. The summed E-state index contributed by atoms with van der Waals surface area (Å²) in [4.78, 5) is 27.5. The number of rotatable bonds is 0. The molecule has 0 aromatic carbocycles. The first kappa shape index (κ1) is 11.8. The zero-order chi connectivity index (χ0) is 12.7. The number of amides is 2. The Balaban J connectivity index is 1.76. The quantitative estimate of drug-likeness (QED) is 0.648. The lowest BCUT2D eigenvalue weighted by Gasteiger charge is -2.52. The summed E-state index contributed by atoms with van der Waals surface area (Å²) in [6.07, 6.45) is 3.73. The van der Waals surface area contributed by atoms with E-state index in [1.54, 1.807) is 0 Å². The second-order valence-electron chi connectivity index (χ2n) is 5.74. The van der Waals surface area contributed by atoms with Gasteiger partial charge < -0.3 is 14.5 Å². The molecular weight excluding hydrogens is 232 g/mol. The van der Waals surface area contributed by atoms with Gasteiger partial charge in [-0.2, -0.15) is 0 Å². The molecule has 0 aliphatic carbocycles. The van der Waals surface area contributed by atoms with Gasteiger partial charge in [-0.15, -0.1) is 0 Å². The Morgan fingerprint density at radius 3 is 2.94 bits per heavy atom. The van der Waals surface area contributed by atoms with Crippen LogP contribution in [0.1, 0.15) is 25.7 Å². The third kappa shape index (κ3) is 1.85. The Kier molecular flexibility index (Phi) is 2.92. The van der Waals surface area contributed by atoms with Crippen LogP contribution in [-0.2, 0) is 9.53 Å². The molecule has 3 heterocycles. The minimum absolute atomic E-state index is 0.222. The van der Waals surface area contributed by atoms with E-state index in [-0.39, 0.29) is 6.09 Å². The molecule has 3 saturated heterocycles. The predicted molar refractivity (Wildman–Crippen MR) is 64.9 cm³/mol. The van der Waals surface area contributed by atoms with Gasteiger partial charge in [0.1, 0.15) is 0 Å². The van der Waals surface area contributed by atoms with E-state index < -0.39 is 0 Å². The summed E-state index contributed by atoms with van der Waals surface area (Å²) < 4.78 is 4.82. The van der Waals surface area contributed by atoms with Crippen LogP contribution in [0.5, 0.6) is 0 Å². The Hall–Kier alpha value is -1.26. The predicted octanol–water partition coefficient (Wildman–Crippen LogP) is 1.09. The van der Waals surface area contributed by atoms with E-state index in [9.17, 15) is 9.59 Å². The first-order valence-corrected chi connectivity index (χ1v) is 6.81. The first-order valence-electron chi connectivity index (χ1n) is 6.81. The third-order valence-electron chi connectivity index (χ3n) is 4.61. The van der Waals surface area contributed by atoms with Crippen molar-refractivity contribution in [3.05, 3.63) is 0 Å². The average Bonchev–Trinajstić information content (AvgIpc) is 2.39. The molecule has 3 aliphatic rings. The molecule has 2 amide bonds. The molecule has 0 aromatic heterocycles. The molecule has 0 aromatic rings.